The molecule has 132 valence electrons. The van der Waals surface area contributed by atoms with Crippen LogP contribution in [0.4, 0.5) is 15.8 Å². The van der Waals surface area contributed by atoms with Crippen LogP contribution < -0.4 is 14.4 Å². The maximum Gasteiger partial charge on any atom is 0.267 e. The molecule has 0 unspecified atom stereocenters. The summed E-state index contributed by atoms with van der Waals surface area (Å²) in [6, 6.07) is 10.3. The fourth-order valence-electron chi connectivity index (χ4n) is 2.45. The number of anilines is 2. The second kappa shape index (κ2) is 6.53. The summed E-state index contributed by atoms with van der Waals surface area (Å²) in [5, 5.41) is 2.41. The molecule has 1 N–H and O–H groups in total. The molecule has 25 heavy (non-hydrogen) atoms. The Kier molecular flexibility index (Phi) is 4.57. The molecule has 2 aromatic carbocycles. The van der Waals surface area contributed by atoms with Crippen LogP contribution in [0.15, 0.2) is 42.5 Å². The molecule has 0 saturated carbocycles. The summed E-state index contributed by atoms with van der Waals surface area (Å²) in [6.07, 6.45) is -0.00228. The molecule has 2 aromatic rings. The zero-order valence-corrected chi connectivity index (χ0v) is 14.6. The third-order valence-electron chi connectivity index (χ3n) is 3.61. The molecule has 0 spiro atoms. The lowest BCUT2D eigenvalue weighted by Gasteiger charge is -2.33. The number of carbonyl (C=O) groups excluding carboxylic acids is 1. The Labute approximate surface area is 149 Å². The topological polar surface area (TPSA) is 75.7 Å². The van der Waals surface area contributed by atoms with Crippen LogP contribution in [0.25, 0.3) is 0 Å². The molecule has 1 aliphatic rings. The molecule has 0 radical (unpaired) electrons. The van der Waals surface area contributed by atoms with E-state index in [0.29, 0.717) is 5.69 Å². The van der Waals surface area contributed by atoms with Gasteiger partial charge < -0.3 is 10.1 Å². The van der Waals surface area contributed by atoms with Gasteiger partial charge in [-0.05, 0) is 30.3 Å². The summed E-state index contributed by atoms with van der Waals surface area (Å²) in [5.41, 5.74) is 0.656. The number of benzene rings is 2. The van der Waals surface area contributed by atoms with Crippen molar-refractivity contribution in [2.45, 2.75) is 6.10 Å². The molecule has 1 atom stereocenters. The maximum absolute atomic E-state index is 13.2. The van der Waals surface area contributed by atoms with Gasteiger partial charge in [0, 0.05) is 5.69 Å². The van der Waals surface area contributed by atoms with Gasteiger partial charge in [0.2, 0.25) is 10.0 Å². The Bertz CT molecular complexity index is 935. The van der Waals surface area contributed by atoms with Crippen LogP contribution in [0, 0.1) is 5.82 Å². The Morgan fingerprint density at radius 2 is 2.04 bits per heavy atom. The van der Waals surface area contributed by atoms with Gasteiger partial charge in [0.25, 0.3) is 5.91 Å². The van der Waals surface area contributed by atoms with Gasteiger partial charge in [0.15, 0.2) is 6.10 Å². The molecule has 0 bridgehead atoms. The highest BCUT2D eigenvalue weighted by Gasteiger charge is 2.34. The number of sulfonamides is 1. The van der Waals surface area contributed by atoms with Gasteiger partial charge in [-0.15, -0.1) is 0 Å². The normalized spacial score (nSPS) is 16.8. The van der Waals surface area contributed by atoms with Gasteiger partial charge in [-0.1, -0.05) is 23.7 Å². The number of ether oxygens (including phenoxy) is 1. The van der Waals surface area contributed by atoms with Crippen molar-refractivity contribution in [1.29, 1.82) is 0 Å². The number of amides is 1. The third-order valence-corrected chi connectivity index (χ3v) is 5.05. The van der Waals surface area contributed by atoms with Crippen LogP contribution in [-0.2, 0) is 14.8 Å². The smallest absolute Gasteiger partial charge is 0.267 e. The van der Waals surface area contributed by atoms with E-state index in [0.717, 1.165) is 16.6 Å². The molecule has 0 fully saturated rings. The number of fused-ring (bicyclic) bond motifs is 1. The number of rotatable bonds is 3. The lowest BCUT2D eigenvalue weighted by molar-refractivity contribution is -0.122. The minimum absolute atomic E-state index is 0.134. The van der Waals surface area contributed by atoms with Crippen LogP contribution in [0.5, 0.6) is 5.75 Å². The quantitative estimate of drug-likeness (QED) is 0.882. The molecule has 3 rings (SSSR count). The van der Waals surface area contributed by atoms with Crippen molar-refractivity contribution in [3.63, 3.8) is 0 Å². The summed E-state index contributed by atoms with van der Waals surface area (Å²) >= 11 is 5.69. The second-order valence-electron chi connectivity index (χ2n) is 5.49. The Morgan fingerprint density at radius 3 is 2.72 bits per heavy atom. The molecule has 1 amide bonds. The van der Waals surface area contributed by atoms with Crippen LogP contribution in [-0.4, -0.2) is 33.2 Å². The van der Waals surface area contributed by atoms with Crippen molar-refractivity contribution in [2.24, 2.45) is 0 Å². The lowest BCUT2D eigenvalue weighted by Crippen LogP contribution is -2.48. The number of hydrogen-bond acceptors (Lipinski definition) is 4. The number of carbonyl (C=O) groups is 1. The van der Waals surface area contributed by atoms with E-state index in [4.69, 9.17) is 16.3 Å². The Balaban J connectivity index is 1.85. The van der Waals surface area contributed by atoms with Crippen molar-refractivity contribution < 1.29 is 22.3 Å². The van der Waals surface area contributed by atoms with E-state index in [-0.39, 0.29) is 23.0 Å². The first kappa shape index (κ1) is 17.5. The number of para-hydroxylation sites is 2. The minimum Gasteiger partial charge on any atom is -0.476 e. The van der Waals surface area contributed by atoms with E-state index in [1.165, 1.54) is 12.1 Å². The minimum atomic E-state index is -3.59. The Morgan fingerprint density at radius 1 is 1.32 bits per heavy atom. The van der Waals surface area contributed by atoms with Crippen LogP contribution in [0.2, 0.25) is 5.02 Å². The van der Waals surface area contributed by atoms with Crippen molar-refractivity contribution in [1.82, 2.24) is 0 Å². The number of halogens is 2. The number of nitrogens with one attached hydrogen (secondary N) is 1. The third kappa shape index (κ3) is 3.69. The first-order chi connectivity index (χ1) is 11.8. The Hall–Kier alpha value is -2.32. The van der Waals surface area contributed by atoms with Crippen LogP contribution in [0.3, 0.4) is 0 Å². The second-order valence-corrected chi connectivity index (χ2v) is 7.80. The molecule has 1 heterocycles. The van der Waals surface area contributed by atoms with E-state index < -0.39 is 27.9 Å². The average Bonchev–Trinajstić information content (AvgIpc) is 2.56. The highest BCUT2D eigenvalue weighted by Crippen LogP contribution is 2.34. The van der Waals surface area contributed by atoms with Gasteiger partial charge >= 0.3 is 0 Å². The largest absolute Gasteiger partial charge is 0.476 e. The van der Waals surface area contributed by atoms with Crippen LogP contribution >= 0.6 is 11.6 Å². The highest BCUT2D eigenvalue weighted by molar-refractivity contribution is 7.92. The van der Waals surface area contributed by atoms with Crippen molar-refractivity contribution in [3.8, 4) is 5.75 Å². The SMILES string of the molecule is CS(=O)(=O)N1C[C@H](C(=O)Nc2ccc(F)c(Cl)c2)Oc2ccccc21. The fourth-order valence-corrected chi connectivity index (χ4v) is 3.54. The molecule has 0 aliphatic carbocycles. The standard InChI is InChI=1S/C16H14ClFN2O4S/c1-25(22,23)20-9-15(24-14-5-3-2-4-13(14)20)16(21)19-10-6-7-12(18)11(17)8-10/h2-8,15H,9H2,1H3,(H,19,21)/t15-/m1/s1. The molecule has 0 saturated heterocycles. The van der Waals surface area contributed by atoms with E-state index in [1.54, 1.807) is 24.3 Å². The lowest BCUT2D eigenvalue weighted by atomic mass is 10.2. The highest BCUT2D eigenvalue weighted by atomic mass is 35.5. The summed E-state index contributed by atoms with van der Waals surface area (Å²) in [5.74, 6) is -0.881. The van der Waals surface area contributed by atoms with Crippen LogP contribution in [0.1, 0.15) is 0 Å². The number of hydrogen-bond donors (Lipinski definition) is 1. The predicted octanol–water partition coefficient (Wildman–Crippen LogP) is 2.64. The molecular weight excluding hydrogens is 371 g/mol. The van der Waals surface area contributed by atoms with E-state index in [9.17, 15) is 17.6 Å². The maximum atomic E-state index is 13.2. The summed E-state index contributed by atoms with van der Waals surface area (Å²) in [7, 11) is -3.59. The summed E-state index contributed by atoms with van der Waals surface area (Å²) in [4.78, 5) is 12.5. The van der Waals surface area contributed by atoms with Crippen molar-refractivity contribution >= 4 is 38.9 Å². The van der Waals surface area contributed by atoms with Gasteiger partial charge in [-0.2, -0.15) is 0 Å². The van der Waals surface area contributed by atoms with E-state index in [1.807, 2.05) is 0 Å². The summed E-state index contributed by atoms with van der Waals surface area (Å²) in [6.45, 7) is -0.170. The van der Waals surface area contributed by atoms with E-state index >= 15 is 0 Å². The summed E-state index contributed by atoms with van der Waals surface area (Å²) < 4.78 is 44.0. The van der Waals surface area contributed by atoms with Gasteiger partial charge in [0.1, 0.15) is 11.6 Å². The molecule has 6 nitrogen and oxygen atoms in total. The zero-order chi connectivity index (χ0) is 18.2. The fraction of sp³-hybridized carbons (Fsp3) is 0.188. The molecular formula is C16H14ClFN2O4S. The first-order valence-corrected chi connectivity index (χ1v) is 9.47. The van der Waals surface area contributed by atoms with E-state index in [2.05, 4.69) is 5.32 Å². The average molecular weight is 385 g/mol. The monoisotopic (exact) mass is 384 g/mol. The molecule has 9 heteroatoms. The first-order valence-electron chi connectivity index (χ1n) is 7.25. The van der Waals surface area contributed by atoms with Gasteiger partial charge in [-0.3, -0.25) is 9.10 Å². The molecule has 1 aliphatic heterocycles. The zero-order valence-electron chi connectivity index (χ0n) is 13.1. The van der Waals surface area contributed by atoms with Gasteiger partial charge in [-0.25, -0.2) is 12.8 Å². The van der Waals surface area contributed by atoms with Crippen molar-refractivity contribution in [3.05, 3.63) is 53.3 Å². The van der Waals surface area contributed by atoms with Crippen molar-refractivity contribution in [2.75, 3.05) is 22.4 Å². The number of nitrogens with zero attached hydrogens (tertiary/aromatic N) is 1. The predicted molar refractivity (Wildman–Crippen MR) is 93.1 cm³/mol. The van der Waals surface area contributed by atoms with Gasteiger partial charge in [0.05, 0.1) is 23.5 Å². The molecule has 0 aromatic heterocycles.